The van der Waals surface area contributed by atoms with Gasteiger partial charge >= 0.3 is 0 Å². The van der Waals surface area contributed by atoms with E-state index in [1.807, 2.05) is 19.3 Å². The lowest BCUT2D eigenvalue weighted by Crippen LogP contribution is -2.43. The summed E-state index contributed by atoms with van der Waals surface area (Å²) in [5.41, 5.74) is 0. The van der Waals surface area contributed by atoms with Gasteiger partial charge < -0.3 is 9.88 Å². The van der Waals surface area contributed by atoms with Crippen molar-refractivity contribution < 1.29 is 4.79 Å². The van der Waals surface area contributed by atoms with Gasteiger partial charge in [-0.05, 0) is 63.7 Å². The van der Waals surface area contributed by atoms with Crippen LogP contribution < -0.4 is 5.32 Å². The van der Waals surface area contributed by atoms with E-state index in [0.29, 0.717) is 18.0 Å². The highest BCUT2D eigenvalue weighted by Gasteiger charge is 2.42. The summed E-state index contributed by atoms with van der Waals surface area (Å²) in [4.78, 5) is 17.0. The van der Waals surface area contributed by atoms with E-state index in [9.17, 15) is 4.79 Å². The van der Waals surface area contributed by atoms with Crippen molar-refractivity contribution in [1.29, 1.82) is 0 Å². The van der Waals surface area contributed by atoms with Gasteiger partial charge in [-0.3, -0.25) is 4.79 Å². The quantitative estimate of drug-likeness (QED) is 0.809. The predicted molar refractivity (Wildman–Crippen MR) is 92.4 cm³/mol. The Hall–Kier alpha value is -0.970. The Morgan fingerprint density at radius 3 is 2.78 bits per heavy atom. The monoisotopic (exact) mass is 333 g/mol. The zero-order chi connectivity index (χ0) is 16.0. The number of fused-ring (bicyclic) bond motifs is 2. The fourth-order valence-corrected chi connectivity index (χ4v) is 5.53. The second-order valence-corrected chi connectivity index (χ2v) is 9.05. The number of aromatic nitrogens is 2. The third-order valence-electron chi connectivity index (χ3n) is 6.03. The number of carbonyl (C=O) groups is 1. The molecule has 23 heavy (non-hydrogen) atoms. The number of nitrogens with one attached hydrogen (secondary N) is 1. The van der Waals surface area contributed by atoms with Gasteiger partial charge in [0, 0.05) is 24.5 Å². The molecule has 126 valence electrons. The van der Waals surface area contributed by atoms with Gasteiger partial charge in [0.2, 0.25) is 5.91 Å². The van der Waals surface area contributed by atoms with Crippen molar-refractivity contribution in [2.24, 2.45) is 17.8 Å². The second kappa shape index (κ2) is 6.15. The van der Waals surface area contributed by atoms with Gasteiger partial charge in [0.15, 0.2) is 5.16 Å². The molecule has 1 amide bonds. The first kappa shape index (κ1) is 15.6. The van der Waals surface area contributed by atoms with Crippen LogP contribution in [0.3, 0.4) is 0 Å². The van der Waals surface area contributed by atoms with E-state index in [4.69, 9.17) is 0 Å². The topological polar surface area (TPSA) is 46.9 Å². The average Bonchev–Trinajstić information content (AvgIpc) is 2.97. The lowest BCUT2D eigenvalue weighted by atomic mass is 9.84. The maximum Gasteiger partial charge on any atom is 0.233 e. The highest BCUT2D eigenvalue weighted by Crippen LogP contribution is 2.49. The van der Waals surface area contributed by atoms with Crippen LogP contribution in [0.4, 0.5) is 0 Å². The van der Waals surface area contributed by atoms with Gasteiger partial charge in [-0.15, -0.1) is 0 Å². The number of hydrogen-bond acceptors (Lipinski definition) is 3. The molecule has 1 N–H and O–H groups in total. The summed E-state index contributed by atoms with van der Waals surface area (Å²) in [5.74, 6) is 2.65. The van der Waals surface area contributed by atoms with Crippen LogP contribution in [0.25, 0.3) is 0 Å². The van der Waals surface area contributed by atoms with Crippen molar-refractivity contribution in [2.45, 2.75) is 74.9 Å². The van der Waals surface area contributed by atoms with Crippen molar-refractivity contribution in [1.82, 2.24) is 14.9 Å². The lowest BCUT2D eigenvalue weighted by molar-refractivity contribution is -0.121. The van der Waals surface area contributed by atoms with Crippen molar-refractivity contribution >= 4 is 17.7 Å². The molecule has 3 aliphatic rings. The van der Waals surface area contributed by atoms with Gasteiger partial charge in [0.25, 0.3) is 0 Å². The van der Waals surface area contributed by atoms with Crippen LogP contribution in [0.2, 0.25) is 0 Å². The minimum atomic E-state index is -0.0871. The Morgan fingerprint density at radius 2 is 2.13 bits per heavy atom. The minimum Gasteiger partial charge on any atom is -0.352 e. The first-order valence-corrected chi connectivity index (χ1v) is 9.99. The number of nitrogens with zero attached hydrogens (tertiary/aromatic N) is 2. The van der Waals surface area contributed by atoms with E-state index < -0.39 is 0 Å². The van der Waals surface area contributed by atoms with Gasteiger partial charge in [-0.25, -0.2) is 4.98 Å². The van der Waals surface area contributed by atoms with Crippen LogP contribution in [-0.2, 0) is 4.79 Å². The number of rotatable bonds is 6. The van der Waals surface area contributed by atoms with Crippen LogP contribution in [0.5, 0.6) is 0 Å². The van der Waals surface area contributed by atoms with Crippen molar-refractivity contribution in [2.75, 3.05) is 0 Å². The Labute approximate surface area is 142 Å². The molecule has 0 saturated heterocycles. The molecule has 5 atom stereocenters. The van der Waals surface area contributed by atoms with Crippen molar-refractivity contribution in [3.63, 3.8) is 0 Å². The summed E-state index contributed by atoms with van der Waals surface area (Å²) in [5, 5.41) is 4.19. The molecule has 4 nitrogen and oxygen atoms in total. The molecule has 4 rings (SSSR count). The van der Waals surface area contributed by atoms with Crippen LogP contribution in [0.15, 0.2) is 17.6 Å². The van der Waals surface area contributed by atoms with Crippen molar-refractivity contribution in [3.05, 3.63) is 12.4 Å². The highest BCUT2D eigenvalue weighted by atomic mass is 32.2. The van der Waals surface area contributed by atoms with Crippen LogP contribution in [-0.4, -0.2) is 26.8 Å². The molecule has 2 bridgehead atoms. The first-order valence-electron chi connectivity index (χ1n) is 9.11. The lowest BCUT2D eigenvalue weighted by Gasteiger charge is -2.29. The van der Waals surface area contributed by atoms with E-state index in [1.54, 1.807) is 11.8 Å². The maximum atomic E-state index is 12.6. The summed E-state index contributed by atoms with van der Waals surface area (Å²) >= 11 is 1.59. The summed E-state index contributed by atoms with van der Waals surface area (Å²) in [6.07, 6.45) is 11.9. The Kier molecular flexibility index (Phi) is 4.16. The first-order chi connectivity index (χ1) is 11.1. The number of amides is 1. The van der Waals surface area contributed by atoms with Gasteiger partial charge in [0.05, 0.1) is 5.25 Å². The summed E-state index contributed by atoms with van der Waals surface area (Å²) in [6, 6.07) is 0.923. The second-order valence-electron chi connectivity index (χ2n) is 7.74. The van der Waals surface area contributed by atoms with E-state index in [2.05, 4.69) is 21.8 Å². The molecule has 5 heteroatoms. The maximum absolute atomic E-state index is 12.6. The number of hydrogen-bond donors (Lipinski definition) is 1. The van der Waals surface area contributed by atoms with Gasteiger partial charge in [-0.1, -0.05) is 18.2 Å². The molecular weight excluding hydrogens is 306 g/mol. The van der Waals surface area contributed by atoms with Crippen LogP contribution >= 0.6 is 11.8 Å². The third-order valence-corrected chi connectivity index (χ3v) is 7.12. The molecule has 3 saturated carbocycles. The number of thioether (sulfide) groups is 1. The molecule has 5 unspecified atom stereocenters. The normalized spacial score (nSPS) is 32.0. The fourth-order valence-electron chi connectivity index (χ4n) is 4.59. The van der Waals surface area contributed by atoms with E-state index in [0.717, 1.165) is 17.0 Å². The Bertz CT molecular complexity index is 583. The highest BCUT2D eigenvalue weighted by molar-refractivity contribution is 8.00. The molecule has 1 aromatic rings. The number of carbonyl (C=O) groups excluding carboxylic acids is 1. The summed E-state index contributed by atoms with van der Waals surface area (Å²) in [7, 11) is 0. The molecule has 0 aliphatic heterocycles. The molecule has 0 spiro atoms. The predicted octanol–water partition coefficient (Wildman–Crippen LogP) is 3.64. The fraction of sp³-hybridized carbons (Fsp3) is 0.778. The van der Waals surface area contributed by atoms with E-state index in [1.165, 1.54) is 38.5 Å². The summed E-state index contributed by atoms with van der Waals surface area (Å²) < 4.78 is 2.23. The summed E-state index contributed by atoms with van der Waals surface area (Å²) in [6.45, 7) is 4.20. The molecular formula is C18H27N3OS. The SMILES string of the molecule is CC(Sc1nccn1C1CC1)C(=O)NC(C)C1CC2CCC1C2. The molecule has 3 aliphatic carbocycles. The Morgan fingerprint density at radius 1 is 1.30 bits per heavy atom. The molecule has 0 aromatic carbocycles. The van der Waals surface area contributed by atoms with Crippen molar-refractivity contribution in [3.8, 4) is 0 Å². The average molecular weight is 334 g/mol. The Balaban J connectivity index is 1.32. The molecule has 0 radical (unpaired) electrons. The largest absolute Gasteiger partial charge is 0.352 e. The van der Waals surface area contributed by atoms with Crippen LogP contribution in [0, 0.1) is 17.8 Å². The zero-order valence-electron chi connectivity index (χ0n) is 14.1. The molecule has 1 heterocycles. The minimum absolute atomic E-state index is 0.0871. The van der Waals surface area contributed by atoms with Gasteiger partial charge in [0.1, 0.15) is 0 Å². The zero-order valence-corrected chi connectivity index (χ0v) is 14.9. The molecule has 3 fully saturated rings. The number of imidazole rings is 1. The smallest absolute Gasteiger partial charge is 0.233 e. The molecule has 1 aromatic heterocycles. The van der Waals surface area contributed by atoms with E-state index in [-0.39, 0.29) is 11.2 Å². The third kappa shape index (κ3) is 3.17. The van der Waals surface area contributed by atoms with Crippen LogP contribution in [0.1, 0.15) is 58.4 Å². The standard InChI is InChI=1S/C18H27N3OS/c1-11(16-10-13-3-4-14(16)9-13)20-17(22)12(2)23-18-19-7-8-21(18)15-5-6-15/h7-8,11-16H,3-6,9-10H2,1-2H3,(H,20,22). The van der Waals surface area contributed by atoms with E-state index >= 15 is 0 Å². The van der Waals surface area contributed by atoms with Gasteiger partial charge in [-0.2, -0.15) is 0 Å².